The molecule has 0 unspecified atom stereocenters. The number of nitrogens with zero attached hydrogens (tertiary/aromatic N) is 5. The van der Waals surface area contributed by atoms with Gasteiger partial charge >= 0.3 is 0 Å². The average Bonchev–Trinajstić information content (AvgIpc) is 2.99. The van der Waals surface area contributed by atoms with E-state index in [0.717, 1.165) is 28.2 Å². The van der Waals surface area contributed by atoms with Gasteiger partial charge in [-0.2, -0.15) is 10.1 Å². The molecule has 0 aliphatic rings. The van der Waals surface area contributed by atoms with Gasteiger partial charge in [0.25, 0.3) is 0 Å². The van der Waals surface area contributed by atoms with Crippen LogP contribution in [-0.4, -0.2) is 31.4 Å². The summed E-state index contributed by atoms with van der Waals surface area (Å²) < 4.78 is 9.01. The molecule has 3 heterocycles. The van der Waals surface area contributed by atoms with E-state index >= 15 is 0 Å². The van der Waals surface area contributed by atoms with E-state index in [1.54, 1.807) is 17.9 Å². The van der Waals surface area contributed by atoms with Gasteiger partial charge in [-0.3, -0.25) is 4.68 Å². The fourth-order valence-corrected chi connectivity index (χ4v) is 2.59. The summed E-state index contributed by atoms with van der Waals surface area (Å²) in [5.41, 5.74) is 3.69. The first kappa shape index (κ1) is 13.9. The van der Waals surface area contributed by atoms with Crippen molar-refractivity contribution in [1.82, 2.24) is 24.3 Å². The quantitative estimate of drug-likeness (QED) is 0.694. The lowest BCUT2D eigenvalue weighted by molar-refractivity contribution is 0.399. The molecule has 0 amide bonds. The Hall–Kier alpha value is -2.08. The third-order valence-corrected chi connectivity index (χ3v) is 3.66. The molecule has 0 fully saturated rings. The van der Waals surface area contributed by atoms with Gasteiger partial charge in [0.1, 0.15) is 11.3 Å². The van der Waals surface area contributed by atoms with Gasteiger partial charge in [0.2, 0.25) is 5.88 Å². The van der Waals surface area contributed by atoms with E-state index < -0.39 is 0 Å². The maximum absolute atomic E-state index is 6.03. The fraction of sp³-hybridized carbons (Fsp3) is 0.357. The van der Waals surface area contributed by atoms with Crippen molar-refractivity contribution in [3.8, 4) is 5.88 Å². The summed E-state index contributed by atoms with van der Waals surface area (Å²) >= 11 is 6.03. The molecule has 0 atom stereocenters. The predicted molar refractivity (Wildman–Crippen MR) is 80.7 cm³/mol. The summed E-state index contributed by atoms with van der Waals surface area (Å²) in [4.78, 5) is 9.01. The van der Waals surface area contributed by atoms with E-state index in [4.69, 9.17) is 16.3 Å². The SMILES string of the molecule is COc1ccc2nc(CCl)n(Cc3cn(C)nc3C)c2n1. The number of fused-ring (bicyclic) bond motifs is 1. The first-order valence-corrected chi connectivity index (χ1v) is 7.11. The molecule has 3 aromatic heterocycles. The number of rotatable bonds is 4. The van der Waals surface area contributed by atoms with Gasteiger partial charge in [0.05, 0.1) is 25.2 Å². The lowest BCUT2D eigenvalue weighted by atomic mass is 10.2. The molecule has 7 heteroatoms. The maximum atomic E-state index is 6.03. The lowest BCUT2D eigenvalue weighted by Gasteiger charge is -2.06. The van der Waals surface area contributed by atoms with Crippen LogP contribution in [0.5, 0.6) is 5.88 Å². The van der Waals surface area contributed by atoms with Crippen LogP contribution in [-0.2, 0) is 19.5 Å². The molecule has 0 aliphatic heterocycles. The Morgan fingerprint density at radius 1 is 1.29 bits per heavy atom. The molecule has 0 saturated carbocycles. The molecular formula is C14H16ClN5O. The van der Waals surface area contributed by atoms with Crippen molar-refractivity contribution >= 4 is 22.8 Å². The highest BCUT2D eigenvalue weighted by Crippen LogP contribution is 2.21. The van der Waals surface area contributed by atoms with Crippen molar-refractivity contribution < 1.29 is 4.74 Å². The van der Waals surface area contributed by atoms with Crippen molar-refractivity contribution in [2.45, 2.75) is 19.3 Å². The third kappa shape index (κ3) is 2.47. The minimum absolute atomic E-state index is 0.331. The van der Waals surface area contributed by atoms with Crippen LogP contribution in [0.15, 0.2) is 18.3 Å². The highest BCUT2D eigenvalue weighted by atomic mass is 35.5. The molecular weight excluding hydrogens is 290 g/mol. The smallest absolute Gasteiger partial charge is 0.215 e. The van der Waals surface area contributed by atoms with Gasteiger partial charge in [0, 0.05) is 24.9 Å². The number of aryl methyl sites for hydroxylation is 2. The summed E-state index contributed by atoms with van der Waals surface area (Å²) in [5.74, 6) is 1.68. The van der Waals surface area contributed by atoms with E-state index in [2.05, 4.69) is 15.1 Å². The van der Waals surface area contributed by atoms with Crippen LogP contribution >= 0.6 is 11.6 Å². The number of hydrogen-bond donors (Lipinski definition) is 0. The highest BCUT2D eigenvalue weighted by Gasteiger charge is 2.14. The van der Waals surface area contributed by atoms with E-state index in [1.807, 2.05) is 30.8 Å². The van der Waals surface area contributed by atoms with Crippen LogP contribution in [0.1, 0.15) is 17.1 Å². The number of halogens is 1. The second kappa shape index (κ2) is 5.37. The maximum Gasteiger partial charge on any atom is 0.215 e. The molecule has 0 bridgehead atoms. The molecule has 110 valence electrons. The number of aromatic nitrogens is 5. The van der Waals surface area contributed by atoms with Crippen molar-refractivity contribution in [2.75, 3.05) is 7.11 Å². The summed E-state index contributed by atoms with van der Waals surface area (Å²) in [6.45, 7) is 2.63. The zero-order chi connectivity index (χ0) is 15.0. The molecule has 0 aliphatic carbocycles. The van der Waals surface area contributed by atoms with Gasteiger partial charge in [0.15, 0.2) is 5.65 Å². The Labute approximate surface area is 127 Å². The third-order valence-electron chi connectivity index (χ3n) is 3.42. The number of imidazole rings is 1. The molecule has 6 nitrogen and oxygen atoms in total. The lowest BCUT2D eigenvalue weighted by Crippen LogP contribution is -2.05. The van der Waals surface area contributed by atoms with E-state index in [-0.39, 0.29) is 0 Å². The van der Waals surface area contributed by atoms with Crippen molar-refractivity contribution in [3.05, 3.63) is 35.4 Å². The minimum Gasteiger partial charge on any atom is -0.481 e. The number of alkyl halides is 1. The zero-order valence-corrected chi connectivity index (χ0v) is 12.9. The largest absolute Gasteiger partial charge is 0.481 e. The highest BCUT2D eigenvalue weighted by molar-refractivity contribution is 6.16. The van der Waals surface area contributed by atoms with Crippen molar-refractivity contribution in [1.29, 1.82) is 0 Å². The van der Waals surface area contributed by atoms with Crippen LogP contribution in [0.3, 0.4) is 0 Å². The van der Waals surface area contributed by atoms with Gasteiger partial charge in [-0.15, -0.1) is 11.6 Å². The van der Waals surface area contributed by atoms with Crippen LogP contribution < -0.4 is 4.74 Å². The second-order valence-corrected chi connectivity index (χ2v) is 5.12. The Bertz CT molecular complexity index is 792. The standard InChI is InChI=1S/C14H16ClN5O/c1-9-10(7-19(2)18-9)8-20-12(6-15)16-11-4-5-13(21-3)17-14(11)20/h4-5,7H,6,8H2,1-3H3. The first-order valence-electron chi connectivity index (χ1n) is 6.57. The average molecular weight is 306 g/mol. The van der Waals surface area contributed by atoms with Crippen LogP contribution in [0.2, 0.25) is 0 Å². The van der Waals surface area contributed by atoms with Crippen LogP contribution in [0, 0.1) is 6.92 Å². The molecule has 0 saturated heterocycles. The summed E-state index contributed by atoms with van der Waals surface area (Å²) in [6.07, 6.45) is 2.00. The summed E-state index contributed by atoms with van der Waals surface area (Å²) in [6, 6.07) is 3.69. The van der Waals surface area contributed by atoms with E-state index in [1.165, 1.54) is 0 Å². The molecule has 0 N–H and O–H groups in total. The Kier molecular flexibility index (Phi) is 3.55. The van der Waals surface area contributed by atoms with Gasteiger partial charge in [-0.1, -0.05) is 0 Å². The van der Waals surface area contributed by atoms with Gasteiger partial charge in [-0.05, 0) is 13.0 Å². The number of methoxy groups -OCH3 is 1. The van der Waals surface area contributed by atoms with Gasteiger partial charge < -0.3 is 9.30 Å². The minimum atomic E-state index is 0.331. The van der Waals surface area contributed by atoms with E-state index in [9.17, 15) is 0 Å². The first-order chi connectivity index (χ1) is 10.1. The Morgan fingerprint density at radius 2 is 2.10 bits per heavy atom. The Morgan fingerprint density at radius 3 is 2.71 bits per heavy atom. The monoisotopic (exact) mass is 305 g/mol. The molecule has 0 spiro atoms. The number of ether oxygens (including phenoxy) is 1. The zero-order valence-electron chi connectivity index (χ0n) is 12.2. The molecule has 0 radical (unpaired) electrons. The summed E-state index contributed by atoms with van der Waals surface area (Å²) in [5, 5.41) is 4.37. The number of hydrogen-bond acceptors (Lipinski definition) is 4. The Balaban J connectivity index is 2.12. The van der Waals surface area contributed by atoms with Crippen molar-refractivity contribution in [3.63, 3.8) is 0 Å². The topological polar surface area (TPSA) is 57.8 Å². The molecule has 21 heavy (non-hydrogen) atoms. The predicted octanol–water partition coefficient (Wildman–Crippen LogP) is 2.27. The summed E-state index contributed by atoms with van der Waals surface area (Å²) in [7, 11) is 3.51. The molecule has 0 aromatic carbocycles. The van der Waals surface area contributed by atoms with Gasteiger partial charge in [-0.25, -0.2) is 4.98 Å². The van der Waals surface area contributed by atoms with Crippen LogP contribution in [0.4, 0.5) is 0 Å². The second-order valence-electron chi connectivity index (χ2n) is 4.86. The fourth-order valence-electron chi connectivity index (χ4n) is 2.39. The van der Waals surface area contributed by atoms with Crippen molar-refractivity contribution in [2.24, 2.45) is 7.05 Å². The normalized spacial score (nSPS) is 11.2. The number of pyridine rings is 1. The molecule has 3 aromatic rings. The molecule has 3 rings (SSSR count). The van der Waals surface area contributed by atoms with Crippen LogP contribution in [0.25, 0.3) is 11.2 Å². The van der Waals surface area contributed by atoms with E-state index in [0.29, 0.717) is 18.3 Å².